The van der Waals surface area contributed by atoms with Crippen molar-refractivity contribution in [3.8, 4) is 22.6 Å². The van der Waals surface area contributed by atoms with Gasteiger partial charge in [0.2, 0.25) is 5.91 Å². The van der Waals surface area contributed by atoms with Crippen LogP contribution in [0.4, 0.5) is 0 Å². The summed E-state index contributed by atoms with van der Waals surface area (Å²) in [5.41, 5.74) is 2.89. The minimum atomic E-state index is 0.0594. The average molecular weight is 447 g/mol. The lowest BCUT2D eigenvalue weighted by atomic mass is 9.88. The second-order valence-electron chi connectivity index (χ2n) is 9.08. The molecule has 2 aromatic carbocycles. The second-order valence-corrected chi connectivity index (χ2v) is 9.08. The standard InChI is InChI=1S/C26H30N4O3/c1-29(26(32)5-4-12-30-10-2-3-11-30)20-15-22(16-20)33-25-14-19(13-24-23(25)17-27-28-24)18-6-8-21(31)9-7-18/h4-9,13-14,17,20,22,31H,2-3,10-12,15-16H2,1H3,(H,27,28)/b5-4+/t20-,22-. The largest absolute Gasteiger partial charge is 0.508 e. The summed E-state index contributed by atoms with van der Waals surface area (Å²) in [4.78, 5) is 16.7. The predicted molar refractivity (Wildman–Crippen MR) is 128 cm³/mol. The number of hydrogen-bond acceptors (Lipinski definition) is 5. The fraction of sp³-hybridized carbons (Fsp3) is 0.385. The summed E-state index contributed by atoms with van der Waals surface area (Å²) in [6.45, 7) is 3.12. The van der Waals surface area contributed by atoms with Gasteiger partial charge in [-0.15, -0.1) is 0 Å². The van der Waals surface area contributed by atoms with Crippen molar-refractivity contribution in [2.75, 3.05) is 26.7 Å². The lowest BCUT2D eigenvalue weighted by Crippen LogP contribution is -2.49. The van der Waals surface area contributed by atoms with Crippen LogP contribution in [0.2, 0.25) is 0 Å². The van der Waals surface area contributed by atoms with Crippen LogP contribution in [0.5, 0.6) is 11.5 Å². The van der Waals surface area contributed by atoms with Gasteiger partial charge in [0.15, 0.2) is 0 Å². The van der Waals surface area contributed by atoms with Gasteiger partial charge in [0.05, 0.1) is 17.1 Å². The molecular formula is C26H30N4O3. The Bertz CT molecular complexity index is 1140. The van der Waals surface area contributed by atoms with Crippen LogP contribution in [0, 0.1) is 0 Å². The third kappa shape index (κ3) is 4.73. The number of nitrogens with zero attached hydrogens (tertiary/aromatic N) is 3. The van der Waals surface area contributed by atoms with E-state index >= 15 is 0 Å². The molecule has 2 heterocycles. The highest BCUT2D eigenvalue weighted by Crippen LogP contribution is 2.36. The number of rotatable bonds is 7. The third-order valence-electron chi connectivity index (χ3n) is 6.80. The fourth-order valence-electron chi connectivity index (χ4n) is 4.63. The Hall–Kier alpha value is -3.32. The third-order valence-corrected chi connectivity index (χ3v) is 6.80. The molecule has 2 fully saturated rings. The number of fused-ring (bicyclic) bond motifs is 1. The van der Waals surface area contributed by atoms with Crippen molar-refractivity contribution in [2.45, 2.75) is 37.8 Å². The highest BCUT2D eigenvalue weighted by molar-refractivity contribution is 5.90. The van der Waals surface area contributed by atoms with Crippen LogP contribution in [-0.4, -0.2) is 69.8 Å². The maximum atomic E-state index is 12.5. The number of likely N-dealkylation sites (tertiary alicyclic amines) is 1. The van der Waals surface area contributed by atoms with Crippen molar-refractivity contribution in [1.82, 2.24) is 20.0 Å². The summed E-state index contributed by atoms with van der Waals surface area (Å²) >= 11 is 0. The van der Waals surface area contributed by atoms with E-state index in [2.05, 4.69) is 15.1 Å². The zero-order valence-corrected chi connectivity index (χ0v) is 18.9. The van der Waals surface area contributed by atoms with Gasteiger partial charge in [-0.1, -0.05) is 18.2 Å². The number of H-pyrrole nitrogens is 1. The SMILES string of the molecule is CN(C(=O)/C=C/CN1CCCC1)[C@H]1C[C@H](Oc2cc(-c3ccc(O)cc3)cc3[nH]ncc23)C1. The first kappa shape index (κ1) is 21.5. The molecule has 5 rings (SSSR count). The molecule has 1 saturated carbocycles. The molecule has 7 nitrogen and oxygen atoms in total. The summed E-state index contributed by atoms with van der Waals surface area (Å²) in [7, 11) is 1.88. The van der Waals surface area contributed by atoms with Crippen LogP contribution in [0.3, 0.4) is 0 Å². The number of carbonyl (C=O) groups excluding carboxylic acids is 1. The predicted octanol–water partition coefficient (Wildman–Crippen LogP) is 3.96. The minimum Gasteiger partial charge on any atom is -0.508 e. The number of carbonyl (C=O) groups is 1. The molecule has 1 aromatic heterocycles. The Balaban J connectivity index is 1.21. The molecule has 1 amide bonds. The summed E-state index contributed by atoms with van der Waals surface area (Å²) in [5.74, 6) is 1.08. The Morgan fingerprint density at radius 3 is 2.73 bits per heavy atom. The zero-order valence-electron chi connectivity index (χ0n) is 18.9. The second kappa shape index (κ2) is 9.27. The van der Waals surface area contributed by atoms with E-state index in [9.17, 15) is 9.90 Å². The van der Waals surface area contributed by atoms with Crippen LogP contribution in [0.25, 0.3) is 22.0 Å². The monoisotopic (exact) mass is 446 g/mol. The van der Waals surface area contributed by atoms with Gasteiger partial charge in [-0.3, -0.25) is 14.8 Å². The van der Waals surface area contributed by atoms with Gasteiger partial charge in [-0.05, 0) is 61.3 Å². The lowest BCUT2D eigenvalue weighted by molar-refractivity contribution is -0.130. The number of aromatic hydroxyl groups is 1. The topological polar surface area (TPSA) is 81.7 Å². The summed E-state index contributed by atoms with van der Waals surface area (Å²) in [5, 5.41) is 17.7. The van der Waals surface area contributed by atoms with E-state index in [0.29, 0.717) is 0 Å². The van der Waals surface area contributed by atoms with Crippen LogP contribution >= 0.6 is 0 Å². The molecule has 33 heavy (non-hydrogen) atoms. The number of phenolic OH excluding ortho intramolecular Hbond substituents is 1. The Morgan fingerprint density at radius 1 is 1.21 bits per heavy atom. The first-order valence-corrected chi connectivity index (χ1v) is 11.7. The molecular weight excluding hydrogens is 416 g/mol. The van der Waals surface area contributed by atoms with E-state index in [4.69, 9.17) is 4.74 Å². The number of benzene rings is 2. The number of hydrogen-bond donors (Lipinski definition) is 2. The molecule has 0 spiro atoms. The quantitative estimate of drug-likeness (QED) is 0.537. The molecule has 0 radical (unpaired) electrons. The highest BCUT2D eigenvalue weighted by atomic mass is 16.5. The molecule has 172 valence electrons. The van der Waals surface area contributed by atoms with Crippen LogP contribution < -0.4 is 4.74 Å². The highest BCUT2D eigenvalue weighted by Gasteiger charge is 2.35. The Labute approximate surface area is 193 Å². The van der Waals surface area contributed by atoms with Gasteiger partial charge in [0.25, 0.3) is 0 Å². The Morgan fingerprint density at radius 2 is 1.97 bits per heavy atom. The van der Waals surface area contributed by atoms with Crippen molar-refractivity contribution in [1.29, 1.82) is 0 Å². The van der Waals surface area contributed by atoms with Crippen LogP contribution in [-0.2, 0) is 4.79 Å². The number of ether oxygens (including phenoxy) is 1. The molecule has 1 aliphatic carbocycles. The maximum Gasteiger partial charge on any atom is 0.246 e. The van der Waals surface area contributed by atoms with Crippen LogP contribution in [0.15, 0.2) is 54.7 Å². The number of amides is 1. The molecule has 3 aromatic rings. The smallest absolute Gasteiger partial charge is 0.246 e. The number of phenols is 1. The van der Waals surface area contributed by atoms with Gasteiger partial charge in [0.1, 0.15) is 17.6 Å². The normalized spacial score (nSPS) is 20.9. The fourth-order valence-corrected chi connectivity index (χ4v) is 4.63. The van der Waals surface area contributed by atoms with E-state index < -0.39 is 0 Å². The first-order valence-electron chi connectivity index (χ1n) is 11.7. The van der Waals surface area contributed by atoms with E-state index in [-0.39, 0.29) is 23.8 Å². The summed E-state index contributed by atoms with van der Waals surface area (Å²) in [6, 6.07) is 11.4. The van der Waals surface area contributed by atoms with Gasteiger partial charge < -0.3 is 14.7 Å². The van der Waals surface area contributed by atoms with Crippen molar-refractivity contribution in [3.63, 3.8) is 0 Å². The van der Waals surface area contributed by atoms with Crippen molar-refractivity contribution in [2.24, 2.45) is 0 Å². The van der Waals surface area contributed by atoms with Gasteiger partial charge >= 0.3 is 0 Å². The molecule has 0 unspecified atom stereocenters. The van der Waals surface area contributed by atoms with E-state index in [1.165, 1.54) is 12.8 Å². The van der Waals surface area contributed by atoms with Crippen molar-refractivity contribution < 1.29 is 14.6 Å². The number of nitrogens with one attached hydrogen (secondary N) is 1. The van der Waals surface area contributed by atoms with E-state index in [0.717, 1.165) is 60.3 Å². The first-order chi connectivity index (χ1) is 16.1. The van der Waals surface area contributed by atoms with E-state index in [1.807, 2.05) is 42.3 Å². The van der Waals surface area contributed by atoms with Crippen molar-refractivity contribution >= 4 is 16.8 Å². The summed E-state index contributed by atoms with van der Waals surface area (Å²) < 4.78 is 6.34. The van der Waals surface area contributed by atoms with Gasteiger partial charge in [0, 0.05) is 38.6 Å². The minimum absolute atomic E-state index is 0.0594. The Kier molecular flexibility index (Phi) is 6.05. The van der Waals surface area contributed by atoms with Crippen LogP contribution in [0.1, 0.15) is 25.7 Å². The average Bonchev–Trinajstić information content (AvgIpc) is 3.47. The molecule has 1 aliphatic heterocycles. The van der Waals surface area contributed by atoms with Gasteiger partial charge in [-0.25, -0.2) is 0 Å². The molecule has 1 saturated heterocycles. The molecule has 2 N–H and O–H groups in total. The maximum absolute atomic E-state index is 12.5. The van der Waals surface area contributed by atoms with E-state index in [1.54, 1.807) is 24.4 Å². The van der Waals surface area contributed by atoms with Gasteiger partial charge in [-0.2, -0.15) is 5.10 Å². The number of aromatic amines is 1. The molecule has 0 bridgehead atoms. The molecule has 7 heteroatoms. The number of aromatic nitrogens is 2. The lowest BCUT2D eigenvalue weighted by Gasteiger charge is -2.40. The van der Waals surface area contributed by atoms with Crippen molar-refractivity contribution in [3.05, 3.63) is 54.7 Å². The zero-order chi connectivity index (χ0) is 22.8. The number of likely N-dealkylation sites (N-methyl/N-ethyl adjacent to an activating group) is 1. The molecule has 0 atom stereocenters. The molecule has 2 aliphatic rings. The summed E-state index contributed by atoms with van der Waals surface area (Å²) in [6.07, 6.45) is 9.68.